The minimum atomic E-state index is -4.57. The lowest BCUT2D eigenvalue weighted by Gasteiger charge is -1.95. The number of hydrogen-bond acceptors (Lipinski definition) is 3. The summed E-state index contributed by atoms with van der Waals surface area (Å²) in [7, 11) is -4.57. The van der Waals surface area contributed by atoms with Gasteiger partial charge in [0.15, 0.2) is 6.29 Å². The molecule has 3 aromatic rings. The molecule has 0 aliphatic heterocycles. The van der Waals surface area contributed by atoms with E-state index in [0.717, 1.165) is 11.1 Å². The van der Waals surface area contributed by atoms with Crippen LogP contribution in [0, 0.1) is 5.82 Å². The number of carbonyl (C=O) groups is 1. The Morgan fingerprint density at radius 2 is 1.74 bits per heavy atom. The van der Waals surface area contributed by atoms with Crippen LogP contribution in [0.3, 0.4) is 0 Å². The third kappa shape index (κ3) is 3.95. The van der Waals surface area contributed by atoms with E-state index in [0.29, 0.717) is 0 Å². The maximum atomic E-state index is 13.3. The van der Waals surface area contributed by atoms with Gasteiger partial charge in [0, 0.05) is 10.4 Å². The van der Waals surface area contributed by atoms with Crippen LogP contribution in [-0.2, 0) is 10.1 Å². The highest BCUT2D eigenvalue weighted by atomic mass is 35.5. The standard InChI is InChI=1S/C9H6FNO4S.C6H5Cl/c10-6-3-1-2-5-8(6)11-7(4-12)9(5)16(13,14)15;7-6-4-2-1-3-5-6/h1-4,11H,(H,13,14,15);1-5H. The van der Waals surface area contributed by atoms with Gasteiger partial charge in [-0.05, 0) is 18.2 Å². The summed E-state index contributed by atoms with van der Waals surface area (Å²) in [6, 6.07) is 13.1. The van der Waals surface area contributed by atoms with Gasteiger partial charge in [-0.1, -0.05) is 41.9 Å². The van der Waals surface area contributed by atoms with Crippen molar-refractivity contribution in [3.05, 3.63) is 65.1 Å². The molecule has 2 aromatic carbocycles. The summed E-state index contributed by atoms with van der Waals surface area (Å²) in [6.45, 7) is 0. The number of nitrogens with one attached hydrogen (secondary N) is 1. The zero-order valence-corrected chi connectivity index (χ0v) is 13.1. The van der Waals surface area contributed by atoms with Gasteiger partial charge >= 0.3 is 0 Å². The van der Waals surface area contributed by atoms with E-state index < -0.39 is 20.8 Å². The fourth-order valence-corrected chi connectivity index (χ4v) is 2.92. The highest BCUT2D eigenvalue weighted by Crippen LogP contribution is 2.27. The first-order valence-electron chi connectivity index (χ1n) is 6.28. The predicted molar refractivity (Wildman–Crippen MR) is 84.9 cm³/mol. The molecule has 0 saturated heterocycles. The molecule has 120 valence electrons. The van der Waals surface area contributed by atoms with Crippen molar-refractivity contribution in [2.45, 2.75) is 4.90 Å². The molecule has 0 saturated carbocycles. The number of aromatic amines is 1. The summed E-state index contributed by atoms with van der Waals surface area (Å²) < 4.78 is 44.3. The fraction of sp³-hybridized carbons (Fsp3) is 0. The maximum Gasteiger partial charge on any atom is 0.297 e. The number of hydrogen-bond donors (Lipinski definition) is 2. The zero-order chi connectivity index (χ0) is 17.0. The number of benzene rings is 2. The normalized spacial score (nSPS) is 10.9. The molecule has 0 spiro atoms. The zero-order valence-electron chi connectivity index (χ0n) is 11.5. The number of halogens is 2. The summed E-state index contributed by atoms with van der Waals surface area (Å²) in [4.78, 5) is 12.3. The van der Waals surface area contributed by atoms with Gasteiger partial charge in [-0.3, -0.25) is 9.35 Å². The molecule has 2 N–H and O–H groups in total. The number of aldehydes is 1. The first-order valence-corrected chi connectivity index (χ1v) is 8.10. The van der Waals surface area contributed by atoms with E-state index in [4.69, 9.17) is 16.2 Å². The Hall–Kier alpha value is -2.22. The van der Waals surface area contributed by atoms with Crippen molar-refractivity contribution in [2.24, 2.45) is 0 Å². The van der Waals surface area contributed by atoms with Crippen molar-refractivity contribution < 1.29 is 22.2 Å². The monoisotopic (exact) mass is 355 g/mol. The first-order chi connectivity index (χ1) is 10.8. The highest BCUT2D eigenvalue weighted by molar-refractivity contribution is 7.86. The molecular weight excluding hydrogens is 345 g/mol. The lowest BCUT2D eigenvalue weighted by molar-refractivity contribution is 0.111. The van der Waals surface area contributed by atoms with Crippen LogP contribution in [0.1, 0.15) is 10.5 Å². The SMILES string of the molecule is Clc1ccccc1.O=Cc1[nH]c2c(F)cccc2c1S(=O)(=O)O. The molecule has 0 unspecified atom stereocenters. The van der Waals surface area contributed by atoms with E-state index in [1.165, 1.54) is 12.1 Å². The van der Waals surface area contributed by atoms with Crippen molar-refractivity contribution in [3.8, 4) is 0 Å². The van der Waals surface area contributed by atoms with Gasteiger partial charge in [-0.25, -0.2) is 4.39 Å². The van der Waals surface area contributed by atoms with E-state index >= 15 is 0 Å². The molecule has 0 bridgehead atoms. The molecule has 0 atom stereocenters. The Labute approximate surface area is 136 Å². The van der Waals surface area contributed by atoms with Crippen LogP contribution in [0.4, 0.5) is 4.39 Å². The lowest BCUT2D eigenvalue weighted by Crippen LogP contribution is -2.00. The topological polar surface area (TPSA) is 87.2 Å². The minimum Gasteiger partial charge on any atom is -0.349 e. The molecule has 3 rings (SSSR count). The van der Waals surface area contributed by atoms with Gasteiger partial charge in [-0.2, -0.15) is 8.42 Å². The average molecular weight is 356 g/mol. The van der Waals surface area contributed by atoms with Crippen molar-refractivity contribution in [3.63, 3.8) is 0 Å². The quantitative estimate of drug-likeness (QED) is 0.542. The van der Waals surface area contributed by atoms with Crippen LogP contribution >= 0.6 is 11.6 Å². The summed E-state index contributed by atoms with van der Waals surface area (Å²) in [6.07, 6.45) is 0.211. The van der Waals surface area contributed by atoms with Crippen LogP contribution < -0.4 is 0 Å². The van der Waals surface area contributed by atoms with Crippen LogP contribution in [0.5, 0.6) is 0 Å². The first kappa shape index (κ1) is 17.1. The van der Waals surface area contributed by atoms with Crippen molar-refractivity contribution in [1.82, 2.24) is 4.98 Å². The largest absolute Gasteiger partial charge is 0.349 e. The molecule has 0 fully saturated rings. The molecule has 0 aliphatic carbocycles. The van der Waals surface area contributed by atoms with Gasteiger partial charge in [0.1, 0.15) is 16.4 Å². The van der Waals surface area contributed by atoms with Crippen LogP contribution in [0.2, 0.25) is 5.02 Å². The maximum absolute atomic E-state index is 13.3. The Balaban J connectivity index is 0.000000229. The minimum absolute atomic E-state index is 0.0513. The summed E-state index contributed by atoms with van der Waals surface area (Å²) in [5.41, 5.74) is -0.500. The van der Waals surface area contributed by atoms with Crippen molar-refractivity contribution in [1.29, 1.82) is 0 Å². The Morgan fingerprint density at radius 1 is 1.09 bits per heavy atom. The smallest absolute Gasteiger partial charge is 0.297 e. The Morgan fingerprint density at radius 3 is 2.22 bits per heavy atom. The summed E-state index contributed by atoms with van der Waals surface area (Å²) in [5.74, 6) is -0.699. The van der Waals surface area contributed by atoms with Gasteiger partial charge in [0.25, 0.3) is 10.1 Å². The van der Waals surface area contributed by atoms with E-state index in [-0.39, 0.29) is 22.9 Å². The number of fused-ring (bicyclic) bond motifs is 1. The van der Waals surface area contributed by atoms with Crippen molar-refractivity contribution in [2.75, 3.05) is 0 Å². The molecule has 5 nitrogen and oxygen atoms in total. The van der Waals surface area contributed by atoms with Gasteiger partial charge in [0.2, 0.25) is 0 Å². The third-order valence-electron chi connectivity index (χ3n) is 2.87. The second kappa shape index (κ2) is 6.91. The molecule has 0 amide bonds. The van der Waals surface area contributed by atoms with E-state index in [1.54, 1.807) is 0 Å². The van der Waals surface area contributed by atoms with Gasteiger partial charge < -0.3 is 4.98 Å². The Bertz CT molecular complexity index is 939. The Kier molecular flexibility index (Phi) is 5.15. The molecule has 1 heterocycles. The second-order valence-electron chi connectivity index (χ2n) is 4.42. The van der Waals surface area contributed by atoms with Crippen LogP contribution in [-0.4, -0.2) is 24.2 Å². The number of para-hydroxylation sites is 1. The number of aromatic nitrogens is 1. The predicted octanol–water partition coefficient (Wildman–Crippen LogP) is 3.71. The molecule has 0 radical (unpaired) electrons. The number of rotatable bonds is 2. The van der Waals surface area contributed by atoms with E-state index in [2.05, 4.69) is 4.98 Å². The van der Waals surface area contributed by atoms with E-state index in [9.17, 15) is 17.6 Å². The molecule has 8 heteroatoms. The molecular formula is C15H11ClFNO4S. The summed E-state index contributed by atoms with van der Waals surface area (Å²) >= 11 is 5.54. The average Bonchev–Trinajstić information content (AvgIpc) is 2.89. The molecule has 1 aromatic heterocycles. The van der Waals surface area contributed by atoms with Crippen LogP contribution in [0.25, 0.3) is 10.9 Å². The van der Waals surface area contributed by atoms with Crippen LogP contribution in [0.15, 0.2) is 53.4 Å². The number of carbonyl (C=O) groups excluding carboxylic acids is 1. The third-order valence-corrected chi connectivity index (χ3v) is 4.08. The number of H-pyrrole nitrogens is 1. The second-order valence-corrected chi connectivity index (χ2v) is 6.21. The van der Waals surface area contributed by atoms with E-state index in [1.807, 2.05) is 30.3 Å². The lowest BCUT2D eigenvalue weighted by atomic mass is 10.2. The van der Waals surface area contributed by atoms with Crippen molar-refractivity contribution >= 4 is 38.9 Å². The summed E-state index contributed by atoms with van der Waals surface area (Å²) in [5, 5.41) is 0.743. The van der Waals surface area contributed by atoms with Gasteiger partial charge in [0.05, 0.1) is 5.52 Å². The highest BCUT2D eigenvalue weighted by Gasteiger charge is 2.23. The fourth-order valence-electron chi connectivity index (χ4n) is 1.95. The molecule has 23 heavy (non-hydrogen) atoms. The van der Waals surface area contributed by atoms with Gasteiger partial charge in [-0.15, -0.1) is 0 Å². The molecule has 0 aliphatic rings.